The molecule has 0 bridgehead atoms. The lowest BCUT2D eigenvalue weighted by Gasteiger charge is -2.31. The zero-order chi connectivity index (χ0) is 47.5. The molecule has 0 unspecified atom stereocenters. The number of rotatable bonds is 20. The van der Waals surface area contributed by atoms with Gasteiger partial charge in [-0.25, -0.2) is 23.0 Å². The number of aromatic carboxylic acids is 1. The number of carbonyl (C=O) groups excluding carboxylic acids is 1. The van der Waals surface area contributed by atoms with Crippen LogP contribution in [0.2, 0.25) is 0 Å². The number of thiophene rings is 1. The van der Waals surface area contributed by atoms with Gasteiger partial charge in [-0.3, -0.25) is 0 Å². The summed E-state index contributed by atoms with van der Waals surface area (Å²) in [6.45, 7) is 11.8. The Morgan fingerprint density at radius 1 is 1.00 bits per heavy atom. The Morgan fingerprint density at radius 3 is 2.52 bits per heavy atom. The maximum absolute atomic E-state index is 14.4. The van der Waals surface area contributed by atoms with E-state index in [9.17, 15) is 28.2 Å². The van der Waals surface area contributed by atoms with Gasteiger partial charge in [-0.15, -0.1) is 11.3 Å². The molecule has 0 saturated carbocycles. The molecule has 3 aliphatic rings. The van der Waals surface area contributed by atoms with Gasteiger partial charge in [-0.1, -0.05) is 69.4 Å². The molecule has 2 saturated heterocycles. The number of nitrogens with zero attached hydrogens (tertiary/aromatic N) is 2. The van der Waals surface area contributed by atoms with E-state index in [0.717, 1.165) is 59.4 Å². The summed E-state index contributed by atoms with van der Waals surface area (Å²) in [6, 6.07) is 21.1. The van der Waals surface area contributed by atoms with Crippen LogP contribution in [0.3, 0.4) is 0 Å². The molecule has 2 fully saturated rings. The van der Waals surface area contributed by atoms with Crippen molar-refractivity contribution in [3.63, 3.8) is 0 Å². The van der Waals surface area contributed by atoms with Crippen LogP contribution in [0.4, 0.5) is 9.93 Å². The molecule has 5 aromatic rings. The Hall–Kier alpha value is -4.62. The van der Waals surface area contributed by atoms with E-state index >= 15 is 0 Å². The number of nitrogens with one attached hydrogen (secondary N) is 2. The monoisotopic (exact) mass is 974 g/mol. The fraction of sp³-hybridized carbons (Fsp3) is 0.500. The Balaban J connectivity index is 0.854. The smallest absolute Gasteiger partial charge is 0.407 e. The van der Waals surface area contributed by atoms with E-state index in [1.165, 1.54) is 20.5 Å². The standard InChI is InChI=1S/C50H62N4O10S3/c1-31(2)28-54(29-40(55)39(25-32-11-7-6-8-12-32)53-48(58)64-41-30-63-50(5)37(41)20-24-62-50)67(59,60)35-17-18-38-43(26-35)66-47(52-38)51-22-9-10-23-61-34-15-13-33(14-16-34)45-44(46(56)57)36-27-49(3,4)21-19-42(36)65-45/h6-8,11-18,26,31,37,39-41,55H,9-10,19-25,27-30H2,1-5H3,(H,51,52)(H,53,58)(H,56,57)/t37-,39-,40+,41-,50+/m0/s1. The molecule has 0 radical (unpaired) electrons. The third-order valence-electron chi connectivity index (χ3n) is 13.0. The van der Waals surface area contributed by atoms with Gasteiger partial charge in [0.05, 0.1) is 58.6 Å². The molecular formula is C50H62N4O10S3. The molecule has 14 nitrogen and oxygen atoms in total. The lowest BCUT2D eigenvalue weighted by Crippen LogP contribution is -2.51. The molecular weight excluding hydrogens is 913 g/mol. The number of carbonyl (C=O) groups is 2. The number of anilines is 1. The number of hydrogen-bond acceptors (Lipinski definition) is 13. The Morgan fingerprint density at radius 2 is 1.78 bits per heavy atom. The molecule has 2 aliphatic heterocycles. The summed E-state index contributed by atoms with van der Waals surface area (Å²) in [5.41, 5.74) is 3.93. The van der Waals surface area contributed by atoms with Gasteiger partial charge in [0.2, 0.25) is 10.0 Å². The molecule has 4 heterocycles. The summed E-state index contributed by atoms with van der Waals surface area (Å²) < 4.78 is 54.2. The van der Waals surface area contributed by atoms with E-state index in [4.69, 9.17) is 23.9 Å². The van der Waals surface area contributed by atoms with Crippen molar-refractivity contribution < 1.29 is 47.2 Å². The van der Waals surface area contributed by atoms with Crippen molar-refractivity contribution in [2.45, 2.75) is 108 Å². The molecule has 17 heteroatoms. The summed E-state index contributed by atoms with van der Waals surface area (Å²) in [5, 5.41) is 28.8. The van der Waals surface area contributed by atoms with Crippen molar-refractivity contribution in [3.05, 3.63) is 94.4 Å². The number of carboxylic acid groups (broad SMARTS) is 1. The minimum atomic E-state index is -4.10. The van der Waals surface area contributed by atoms with Crippen LogP contribution in [0.25, 0.3) is 20.7 Å². The molecule has 67 heavy (non-hydrogen) atoms. The van der Waals surface area contributed by atoms with Gasteiger partial charge >= 0.3 is 12.1 Å². The zero-order valence-corrected chi connectivity index (χ0v) is 41.2. The second kappa shape index (κ2) is 20.5. The summed E-state index contributed by atoms with van der Waals surface area (Å²) in [4.78, 5) is 32.5. The number of aryl methyl sites for hydroxylation is 1. The van der Waals surface area contributed by atoms with Gasteiger partial charge in [0.15, 0.2) is 10.9 Å². The molecule has 8 rings (SSSR count). The molecule has 3 aromatic carbocycles. The van der Waals surface area contributed by atoms with Crippen molar-refractivity contribution in [2.75, 3.05) is 44.8 Å². The van der Waals surface area contributed by atoms with E-state index in [1.54, 1.807) is 29.5 Å². The number of carboxylic acids is 1. The summed E-state index contributed by atoms with van der Waals surface area (Å²) >= 11 is 2.97. The fourth-order valence-corrected chi connectivity index (χ4v) is 13.3. The number of aliphatic hydroxyl groups is 1. The number of thiazole rings is 1. The van der Waals surface area contributed by atoms with Crippen LogP contribution in [0.1, 0.15) is 86.7 Å². The second-order valence-corrected chi connectivity index (χ2v) is 23.3. The average Bonchev–Trinajstić information content (AvgIpc) is 4.05. The van der Waals surface area contributed by atoms with E-state index in [1.807, 2.05) is 75.4 Å². The number of aromatic nitrogens is 1. The minimum absolute atomic E-state index is 0.0598. The zero-order valence-electron chi connectivity index (χ0n) is 38.8. The van der Waals surface area contributed by atoms with Crippen molar-refractivity contribution in [3.8, 4) is 16.2 Å². The first kappa shape index (κ1) is 48.8. The number of fused-ring (bicyclic) bond motifs is 3. The fourth-order valence-electron chi connectivity index (χ4n) is 9.35. The van der Waals surface area contributed by atoms with Crippen LogP contribution in [0.5, 0.6) is 5.75 Å². The molecule has 5 atom stereocenters. The highest BCUT2D eigenvalue weighted by Gasteiger charge is 2.53. The number of ether oxygens (including phenoxy) is 4. The third kappa shape index (κ3) is 11.5. The lowest BCUT2D eigenvalue weighted by molar-refractivity contribution is -0.181. The minimum Gasteiger partial charge on any atom is -0.494 e. The van der Waals surface area contributed by atoms with Gasteiger partial charge in [-0.05, 0) is 122 Å². The first-order valence-electron chi connectivity index (χ1n) is 23.2. The SMILES string of the molecule is CC(C)CN(C[C@@H](O)[C@H](Cc1ccccc1)NC(=O)O[C@H]1CO[C@@]2(C)OCC[C@@H]12)S(=O)(=O)c1ccc2nc(NCCCCOc3ccc(-c4sc5c(c4C(=O)O)CC(C)(C)CC5)cc3)sc2c1. The van der Waals surface area contributed by atoms with Crippen LogP contribution < -0.4 is 15.4 Å². The first-order chi connectivity index (χ1) is 32.0. The number of hydrogen-bond donors (Lipinski definition) is 4. The highest BCUT2D eigenvalue weighted by molar-refractivity contribution is 7.89. The number of aliphatic hydroxyl groups excluding tert-OH is 1. The molecule has 1 aliphatic carbocycles. The van der Waals surface area contributed by atoms with Crippen molar-refractivity contribution in [1.82, 2.24) is 14.6 Å². The molecule has 0 spiro atoms. The molecule has 360 valence electrons. The topological polar surface area (TPSA) is 186 Å². The van der Waals surface area contributed by atoms with Crippen LogP contribution in [0, 0.1) is 17.3 Å². The lowest BCUT2D eigenvalue weighted by atomic mass is 9.76. The normalized spacial score (nSPS) is 21.0. The van der Waals surface area contributed by atoms with Crippen LogP contribution in [0.15, 0.2) is 77.7 Å². The highest BCUT2D eigenvalue weighted by Crippen LogP contribution is 2.46. The van der Waals surface area contributed by atoms with Crippen LogP contribution in [-0.2, 0) is 43.5 Å². The predicted molar refractivity (Wildman–Crippen MR) is 261 cm³/mol. The van der Waals surface area contributed by atoms with Gasteiger partial charge in [0, 0.05) is 29.4 Å². The number of sulfonamides is 1. The van der Waals surface area contributed by atoms with Crippen molar-refractivity contribution in [2.24, 2.45) is 17.3 Å². The predicted octanol–water partition coefficient (Wildman–Crippen LogP) is 9.01. The van der Waals surface area contributed by atoms with Crippen molar-refractivity contribution >= 4 is 60.1 Å². The molecule has 4 N–H and O–H groups in total. The summed E-state index contributed by atoms with van der Waals surface area (Å²) in [7, 11) is -4.10. The Labute approximate surface area is 401 Å². The summed E-state index contributed by atoms with van der Waals surface area (Å²) in [5.74, 6) is -1.11. The van der Waals surface area contributed by atoms with Gasteiger partial charge in [0.1, 0.15) is 11.9 Å². The second-order valence-electron chi connectivity index (χ2n) is 19.2. The molecule has 1 amide bonds. The van der Waals surface area contributed by atoms with E-state index in [2.05, 4.69) is 24.5 Å². The Kier molecular flexibility index (Phi) is 15.0. The molecule has 2 aromatic heterocycles. The van der Waals surface area contributed by atoms with Gasteiger partial charge in [-0.2, -0.15) is 4.31 Å². The van der Waals surface area contributed by atoms with E-state index < -0.39 is 46.1 Å². The van der Waals surface area contributed by atoms with Gasteiger partial charge in [0.25, 0.3) is 0 Å². The van der Waals surface area contributed by atoms with Crippen molar-refractivity contribution in [1.29, 1.82) is 0 Å². The summed E-state index contributed by atoms with van der Waals surface area (Å²) in [6.07, 6.45) is 2.77. The maximum Gasteiger partial charge on any atom is 0.407 e. The third-order valence-corrected chi connectivity index (χ3v) is 17.1. The highest BCUT2D eigenvalue weighted by atomic mass is 32.2. The maximum atomic E-state index is 14.4. The van der Waals surface area contributed by atoms with E-state index in [0.29, 0.717) is 47.1 Å². The first-order valence-corrected chi connectivity index (χ1v) is 26.3. The number of amides is 1. The van der Waals surface area contributed by atoms with E-state index in [-0.39, 0.29) is 48.3 Å². The number of alkyl carbamates (subject to hydrolysis) is 1. The number of unbranched alkanes of at least 4 members (excludes halogenated alkanes) is 1. The average molecular weight is 975 g/mol. The van der Waals surface area contributed by atoms with Crippen LogP contribution in [-0.4, -0.2) is 103 Å². The Bertz CT molecular complexity index is 2630. The van der Waals surface area contributed by atoms with Gasteiger partial charge < -0.3 is 39.8 Å². The number of benzene rings is 3. The van der Waals surface area contributed by atoms with Crippen LogP contribution >= 0.6 is 22.7 Å². The largest absolute Gasteiger partial charge is 0.494 e. The quantitative estimate of drug-likeness (QED) is 0.0544.